The third-order valence-electron chi connectivity index (χ3n) is 3.46. The first-order chi connectivity index (χ1) is 7.11. The monoisotopic (exact) mass is 215 g/mol. The summed E-state index contributed by atoms with van der Waals surface area (Å²) >= 11 is 0. The molecule has 1 aliphatic rings. The molecule has 0 amide bonds. The predicted molar refractivity (Wildman–Crippen MR) is 61.9 cm³/mol. The van der Waals surface area contributed by atoms with E-state index in [9.17, 15) is 5.11 Å². The van der Waals surface area contributed by atoms with Crippen LogP contribution in [0.5, 0.6) is 0 Å². The van der Waals surface area contributed by atoms with E-state index >= 15 is 0 Å². The van der Waals surface area contributed by atoms with Crippen molar-refractivity contribution in [2.75, 3.05) is 19.8 Å². The van der Waals surface area contributed by atoms with Crippen molar-refractivity contribution in [3.63, 3.8) is 0 Å². The maximum Gasteiger partial charge on any atom is 0.0694 e. The van der Waals surface area contributed by atoms with Crippen LogP contribution in [0, 0.1) is 11.8 Å². The van der Waals surface area contributed by atoms with Crippen LogP contribution in [-0.4, -0.2) is 37.0 Å². The highest BCUT2D eigenvalue weighted by atomic mass is 16.5. The van der Waals surface area contributed by atoms with Crippen LogP contribution in [0.4, 0.5) is 0 Å². The first-order valence-electron chi connectivity index (χ1n) is 6.10. The van der Waals surface area contributed by atoms with Crippen molar-refractivity contribution in [2.45, 2.75) is 45.8 Å². The average Bonchev–Trinajstić information content (AvgIpc) is 2.26. The molecule has 0 bridgehead atoms. The molecule has 0 radical (unpaired) electrons. The van der Waals surface area contributed by atoms with E-state index in [4.69, 9.17) is 4.74 Å². The SMILES string of the molecule is CC(C)C(C)NCC(O)C1CCOCC1. The lowest BCUT2D eigenvalue weighted by Gasteiger charge is -2.28. The largest absolute Gasteiger partial charge is 0.392 e. The summed E-state index contributed by atoms with van der Waals surface area (Å²) < 4.78 is 5.28. The zero-order valence-corrected chi connectivity index (χ0v) is 10.2. The van der Waals surface area contributed by atoms with Crippen molar-refractivity contribution >= 4 is 0 Å². The van der Waals surface area contributed by atoms with Crippen LogP contribution in [0.1, 0.15) is 33.6 Å². The number of hydrogen-bond acceptors (Lipinski definition) is 3. The number of nitrogens with one attached hydrogen (secondary N) is 1. The molecule has 0 aromatic carbocycles. The number of hydrogen-bond donors (Lipinski definition) is 2. The summed E-state index contributed by atoms with van der Waals surface area (Å²) in [5, 5.41) is 13.4. The molecule has 3 nitrogen and oxygen atoms in total. The average molecular weight is 215 g/mol. The minimum absolute atomic E-state index is 0.213. The molecule has 15 heavy (non-hydrogen) atoms. The number of rotatable bonds is 5. The molecular weight excluding hydrogens is 190 g/mol. The van der Waals surface area contributed by atoms with Crippen LogP contribution in [0.15, 0.2) is 0 Å². The van der Waals surface area contributed by atoms with Crippen LogP contribution in [0.2, 0.25) is 0 Å². The van der Waals surface area contributed by atoms with E-state index in [-0.39, 0.29) is 6.10 Å². The minimum atomic E-state index is -0.213. The molecule has 1 rings (SSSR count). The molecule has 90 valence electrons. The molecule has 2 N–H and O–H groups in total. The minimum Gasteiger partial charge on any atom is -0.392 e. The Labute approximate surface area is 93.2 Å². The fourth-order valence-electron chi connectivity index (χ4n) is 1.81. The lowest BCUT2D eigenvalue weighted by Crippen LogP contribution is -2.41. The highest BCUT2D eigenvalue weighted by Crippen LogP contribution is 2.18. The molecule has 0 spiro atoms. The van der Waals surface area contributed by atoms with Crippen molar-refractivity contribution in [1.82, 2.24) is 5.32 Å². The molecule has 1 saturated heterocycles. The van der Waals surface area contributed by atoms with E-state index in [0.29, 0.717) is 24.4 Å². The van der Waals surface area contributed by atoms with Crippen LogP contribution >= 0.6 is 0 Å². The second-order valence-electron chi connectivity index (χ2n) is 4.96. The van der Waals surface area contributed by atoms with E-state index in [1.165, 1.54) is 0 Å². The van der Waals surface area contributed by atoms with Crippen LogP contribution in [0.25, 0.3) is 0 Å². The lowest BCUT2D eigenvalue weighted by atomic mass is 9.93. The Bertz CT molecular complexity index is 167. The Morgan fingerprint density at radius 1 is 1.27 bits per heavy atom. The Balaban J connectivity index is 2.19. The molecule has 1 heterocycles. The summed E-state index contributed by atoms with van der Waals surface area (Å²) in [7, 11) is 0. The van der Waals surface area contributed by atoms with Crippen molar-refractivity contribution in [2.24, 2.45) is 11.8 Å². The second kappa shape index (κ2) is 6.46. The zero-order chi connectivity index (χ0) is 11.3. The van der Waals surface area contributed by atoms with Gasteiger partial charge >= 0.3 is 0 Å². The smallest absolute Gasteiger partial charge is 0.0694 e. The molecule has 0 aromatic rings. The van der Waals surface area contributed by atoms with Gasteiger partial charge in [-0.15, -0.1) is 0 Å². The highest BCUT2D eigenvalue weighted by Gasteiger charge is 2.22. The van der Waals surface area contributed by atoms with Crippen molar-refractivity contribution in [3.8, 4) is 0 Å². The Kier molecular flexibility index (Phi) is 5.58. The summed E-state index contributed by atoms with van der Waals surface area (Å²) in [6.07, 6.45) is 1.78. The van der Waals surface area contributed by atoms with E-state index in [1.807, 2.05) is 0 Å². The maximum atomic E-state index is 9.99. The van der Waals surface area contributed by atoms with E-state index in [1.54, 1.807) is 0 Å². The second-order valence-corrected chi connectivity index (χ2v) is 4.96. The molecule has 1 aliphatic heterocycles. The van der Waals surface area contributed by atoms with Gasteiger partial charge in [-0.2, -0.15) is 0 Å². The van der Waals surface area contributed by atoms with Crippen molar-refractivity contribution in [1.29, 1.82) is 0 Å². The van der Waals surface area contributed by atoms with Gasteiger partial charge in [-0.3, -0.25) is 0 Å². The third-order valence-corrected chi connectivity index (χ3v) is 3.46. The van der Waals surface area contributed by atoms with Crippen LogP contribution < -0.4 is 5.32 Å². The maximum absolute atomic E-state index is 9.99. The Morgan fingerprint density at radius 2 is 1.87 bits per heavy atom. The summed E-state index contributed by atoms with van der Waals surface area (Å²) in [6.45, 7) is 8.88. The standard InChI is InChI=1S/C12H25NO2/c1-9(2)10(3)13-8-12(14)11-4-6-15-7-5-11/h9-14H,4-8H2,1-3H3. The topological polar surface area (TPSA) is 41.5 Å². The Morgan fingerprint density at radius 3 is 2.40 bits per heavy atom. The fourth-order valence-corrected chi connectivity index (χ4v) is 1.81. The third kappa shape index (κ3) is 4.49. The quantitative estimate of drug-likeness (QED) is 0.728. The van der Waals surface area contributed by atoms with Gasteiger partial charge in [0.2, 0.25) is 0 Å². The molecule has 1 fully saturated rings. The van der Waals surface area contributed by atoms with Gasteiger partial charge in [-0.05, 0) is 31.6 Å². The summed E-state index contributed by atoms with van der Waals surface area (Å²) in [6, 6.07) is 0.472. The predicted octanol–water partition coefficient (Wildman–Crippen LogP) is 1.41. The van der Waals surface area contributed by atoms with Gasteiger partial charge in [0, 0.05) is 25.8 Å². The lowest BCUT2D eigenvalue weighted by molar-refractivity contribution is 0.00735. The molecule has 3 heteroatoms. The van der Waals surface area contributed by atoms with Crippen LogP contribution in [0.3, 0.4) is 0 Å². The summed E-state index contributed by atoms with van der Waals surface area (Å²) in [5.41, 5.74) is 0. The molecule has 2 unspecified atom stereocenters. The van der Waals surface area contributed by atoms with Crippen LogP contribution in [-0.2, 0) is 4.74 Å². The molecule has 0 aromatic heterocycles. The van der Waals surface area contributed by atoms with E-state index in [0.717, 1.165) is 26.1 Å². The van der Waals surface area contributed by atoms with Gasteiger partial charge in [-0.1, -0.05) is 13.8 Å². The van der Waals surface area contributed by atoms with Gasteiger partial charge in [0.25, 0.3) is 0 Å². The summed E-state index contributed by atoms with van der Waals surface area (Å²) in [4.78, 5) is 0. The van der Waals surface area contributed by atoms with E-state index < -0.39 is 0 Å². The number of aliphatic hydroxyl groups excluding tert-OH is 1. The van der Waals surface area contributed by atoms with Gasteiger partial charge in [0.05, 0.1) is 6.10 Å². The molecule has 0 saturated carbocycles. The first kappa shape index (κ1) is 12.9. The highest BCUT2D eigenvalue weighted by molar-refractivity contribution is 4.75. The van der Waals surface area contributed by atoms with Crippen molar-refractivity contribution < 1.29 is 9.84 Å². The molecular formula is C12H25NO2. The normalized spacial score (nSPS) is 23.0. The fraction of sp³-hybridized carbons (Fsp3) is 1.00. The Hall–Kier alpha value is -0.120. The van der Waals surface area contributed by atoms with E-state index in [2.05, 4.69) is 26.1 Å². The van der Waals surface area contributed by atoms with Gasteiger partial charge < -0.3 is 15.2 Å². The first-order valence-corrected chi connectivity index (χ1v) is 6.10. The van der Waals surface area contributed by atoms with Crippen molar-refractivity contribution in [3.05, 3.63) is 0 Å². The van der Waals surface area contributed by atoms with Gasteiger partial charge in [0.1, 0.15) is 0 Å². The van der Waals surface area contributed by atoms with Gasteiger partial charge in [-0.25, -0.2) is 0 Å². The summed E-state index contributed by atoms with van der Waals surface area (Å²) in [5.74, 6) is 1.04. The molecule has 0 aliphatic carbocycles. The zero-order valence-electron chi connectivity index (χ0n) is 10.2. The number of ether oxygens (including phenoxy) is 1. The number of aliphatic hydroxyl groups is 1. The van der Waals surface area contributed by atoms with Gasteiger partial charge in [0.15, 0.2) is 0 Å². The molecule has 2 atom stereocenters.